The van der Waals surface area contributed by atoms with Crippen molar-refractivity contribution in [2.45, 2.75) is 58.7 Å². The first-order chi connectivity index (χ1) is 13.8. The molecule has 2 aromatic rings. The highest BCUT2D eigenvalue weighted by molar-refractivity contribution is 7.71. The van der Waals surface area contributed by atoms with E-state index in [-0.39, 0.29) is 11.9 Å². The molecule has 1 aromatic carbocycles. The van der Waals surface area contributed by atoms with Crippen molar-refractivity contribution in [3.63, 3.8) is 0 Å². The highest BCUT2D eigenvalue weighted by atomic mass is 35.5. The fourth-order valence-corrected chi connectivity index (χ4v) is 3.43. The van der Waals surface area contributed by atoms with Crippen LogP contribution in [0.2, 0.25) is 5.02 Å². The van der Waals surface area contributed by atoms with E-state index in [9.17, 15) is 4.79 Å². The Balaban J connectivity index is 2.09. The first-order valence-electron chi connectivity index (χ1n) is 10.2. The number of amides is 1. The molecule has 1 unspecified atom stereocenters. The van der Waals surface area contributed by atoms with Gasteiger partial charge in [-0.05, 0) is 76.9 Å². The molecule has 0 radical (unpaired) electrons. The second-order valence-corrected chi connectivity index (χ2v) is 8.45. The van der Waals surface area contributed by atoms with Gasteiger partial charge in [0, 0.05) is 29.6 Å². The summed E-state index contributed by atoms with van der Waals surface area (Å²) in [5, 5.41) is 8.46. The maximum atomic E-state index is 12.3. The minimum atomic E-state index is 0.0225. The number of aromatic nitrogens is 3. The quantitative estimate of drug-likeness (QED) is 0.530. The zero-order valence-electron chi connectivity index (χ0n) is 17.8. The molecule has 6 nitrogen and oxygen atoms in total. The van der Waals surface area contributed by atoms with Crippen molar-refractivity contribution in [1.29, 1.82) is 0 Å². The van der Waals surface area contributed by atoms with Gasteiger partial charge in [-0.2, -0.15) is 5.10 Å². The van der Waals surface area contributed by atoms with Crippen LogP contribution >= 0.6 is 23.8 Å². The summed E-state index contributed by atoms with van der Waals surface area (Å²) >= 11 is 11.7. The van der Waals surface area contributed by atoms with Crippen LogP contribution in [0.15, 0.2) is 24.3 Å². The van der Waals surface area contributed by atoms with Crippen molar-refractivity contribution in [3.8, 4) is 11.4 Å². The van der Waals surface area contributed by atoms with E-state index in [1.54, 1.807) is 4.68 Å². The van der Waals surface area contributed by atoms with E-state index in [1.807, 2.05) is 45.3 Å². The number of benzene rings is 1. The Morgan fingerprint density at radius 2 is 1.97 bits per heavy atom. The summed E-state index contributed by atoms with van der Waals surface area (Å²) in [7, 11) is 4.06. The monoisotopic (exact) mass is 437 g/mol. The molecular weight excluding hydrogens is 406 g/mol. The van der Waals surface area contributed by atoms with E-state index in [1.165, 1.54) is 0 Å². The minimum Gasteiger partial charge on any atom is -0.354 e. The van der Waals surface area contributed by atoms with Crippen LogP contribution in [0.1, 0.15) is 39.5 Å². The average molecular weight is 438 g/mol. The summed E-state index contributed by atoms with van der Waals surface area (Å²) in [5.74, 6) is 0.842. The first kappa shape index (κ1) is 23.6. The van der Waals surface area contributed by atoms with Gasteiger partial charge in [0.2, 0.25) is 5.91 Å². The third kappa shape index (κ3) is 7.24. The van der Waals surface area contributed by atoms with Crippen LogP contribution in [0.5, 0.6) is 0 Å². The molecule has 2 rings (SSSR count). The number of hydrogen-bond donors (Lipinski definition) is 1. The predicted molar refractivity (Wildman–Crippen MR) is 122 cm³/mol. The lowest BCUT2D eigenvalue weighted by molar-refractivity contribution is -0.122. The number of aryl methyl sites for hydroxylation is 1. The van der Waals surface area contributed by atoms with Crippen LogP contribution in [-0.2, 0) is 17.9 Å². The number of carbonyl (C=O) groups excluding carboxylic acids is 1. The molecule has 160 valence electrons. The van der Waals surface area contributed by atoms with Gasteiger partial charge in [0.05, 0.1) is 6.54 Å². The summed E-state index contributed by atoms with van der Waals surface area (Å²) in [6, 6.07) is 7.75. The summed E-state index contributed by atoms with van der Waals surface area (Å²) in [6.07, 6.45) is 3.36. The van der Waals surface area contributed by atoms with E-state index in [0.717, 1.165) is 43.7 Å². The molecule has 8 heteroatoms. The number of halogens is 1. The Morgan fingerprint density at radius 3 is 2.59 bits per heavy atom. The standard InChI is InChI=1S/C21H32ClN5OS/c1-5-6-13-26-20(17-7-9-18(22)10-8-17)24-27(21(26)29)15-12-19(28)23-16(2)11-14-25(3)4/h7-10,16H,5-6,11-15H2,1-4H3,(H,23,28). The van der Waals surface area contributed by atoms with Crippen LogP contribution in [0.3, 0.4) is 0 Å². The molecule has 0 fully saturated rings. The number of nitrogens with zero attached hydrogens (tertiary/aromatic N) is 4. The van der Waals surface area contributed by atoms with Crippen molar-refractivity contribution < 1.29 is 4.79 Å². The molecule has 0 aliphatic heterocycles. The highest BCUT2D eigenvalue weighted by Gasteiger charge is 2.14. The highest BCUT2D eigenvalue weighted by Crippen LogP contribution is 2.21. The summed E-state index contributed by atoms with van der Waals surface area (Å²) in [6.45, 7) is 6.40. The fourth-order valence-electron chi connectivity index (χ4n) is 3.00. The number of rotatable bonds is 11. The molecule has 1 atom stereocenters. The van der Waals surface area contributed by atoms with Crippen LogP contribution in [0.4, 0.5) is 0 Å². The van der Waals surface area contributed by atoms with Crippen molar-refractivity contribution in [2.75, 3.05) is 20.6 Å². The molecule has 0 saturated carbocycles. The van der Waals surface area contributed by atoms with Crippen LogP contribution in [-0.4, -0.2) is 51.8 Å². The zero-order chi connectivity index (χ0) is 21.4. The molecule has 29 heavy (non-hydrogen) atoms. The van der Waals surface area contributed by atoms with Crippen molar-refractivity contribution >= 4 is 29.7 Å². The Labute approximate surface area is 183 Å². The van der Waals surface area contributed by atoms with Gasteiger partial charge in [0.1, 0.15) is 0 Å². The topological polar surface area (TPSA) is 55.1 Å². The van der Waals surface area contributed by atoms with Crippen LogP contribution in [0.25, 0.3) is 11.4 Å². The smallest absolute Gasteiger partial charge is 0.222 e. The molecule has 1 N–H and O–H groups in total. The lowest BCUT2D eigenvalue weighted by atomic mass is 10.2. The molecule has 1 amide bonds. The number of carbonyl (C=O) groups is 1. The Hall–Kier alpha value is -1.70. The van der Waals surface area contributed by atoms with Gasteiger partial charge in [0.25, 0.3) is 0 Å². The molecule has 0 aliphatic rings. The molecule has 1 aromatic heterocycles. The van der Waals surface area contributed by atoms with E-state index in [2.05, 4.69) is 21.7 Å². The number of nitrogens with one attached hydrogen (secondary N) is 1. The Bertz CT molecular complexity index is 844. The van der Waals surface area contributed by atoms with Crippen molar-refractivity contribution in [2.24, 2.45) is 0 Å². The zero-order valence-corrected chi connectivity index (χ0v) is 19.4. The third-order valence-electron chi connectivity index (χ3n) is 4.73. The molecule has 1 heterocycles. The van der Waals surface area contributed by atoms with Gasteiger partial charge in [0.15, 0.2) is 10.6 Å². The van der Waals surface area contributed by atoms with Gasteiger partial charge in [-0.3, -0.25) is 9.36 Å². The van der Waals surface area contributed by atoms with Crippen LogP contribution < -0.4 is 5.32 Å². The summed E-state index contributed by atoms with van der Waals surface area (Å²) < 4.78 is 4.47. The largest absolute Gasteiger partial charge is 0.354 e. The van der Waals surface area contributed by atoms with Gasteiger partial charge >= 0.3 is 0 Å². The van der Waals surface area contributed by atoms with Gasteiger partial charge in [-0.25, -0.2) is 4.68 Å². The second kappa shape index (κ2) is 11.5. The normalized spacial score (nSPS) is 12.3. The van der Waals surface area contributed by atoms with E-state index in [0.29, 0.717) is 22.8 Å². The van der Waals surface area contributed by atoms with Gasteiger partial charge < -0.3 is 10.2 Å². The molecular formula is C21H32ClN5OS. The lowest BCUT2D eigenvalue weighted by Crippen LogP contribution is -2.35. The molecule has 0 saturated heterocycles. The van der Waals surface area contributed by atoms with Gasteiger partial charge in [-0.1, -0.05) is 24.9 Å². The maximum absolute atomic E-state index is 12.3. The molecule has 0 spiro atoms. The maximum Gasteiger partial charge on any atom is 0.222 e. The summed E-state index contributed by atoms with van der Waals surface area (Å²) in [4.78, 5) is 14.4. The molecule has 0 bridgehead atoms. The lowest BCUT2D eigenvalue weighted by Gasteiger charge is -2.16. The summed E-state index contributed by atoms with van der Waals surface area (Å²) in [5.41, 5.74) is 0.970. The van der Waals surface area contributed by atoms with E-state index < -0.39 is 0 Å². The third-order valence-corrected chi connectivity index (χ3v) is 5.41. The van der Waals surface area contributed by atoms with Crippen LogP contribution in [0, 0.1) is 4.77 Å². The predicted octanol–water partition coefficient (Wildman–Crippen LogP) is 4.38. The fraction of sp³-hybridized carbons (Fsp3) is 0.571. The van der Waals surface area contributed by atoms with E-state index in [4.69, 9.17) is 28.9 Å². The first-order valence-corrected chi connectivity index (χ1v) is 11.0. The average Bonchev–Trinajstić information content (AvgIpc) is 2.99. The second-order valence-electron chi connectivity index (χ2n) is 7.65. The Morgan fingerprint density at radius 1 is 1.28 bits per heavy atom. The van der Waals surface area contributed by atoms with E-state index >= 15 is 0 Å². The minimum absolute atomic E-state index is 0.0225. The Kier molecular flexibility index (Phi) is 9.33. The van der Waals surface area contributed by atoms with Crippen molar-refractivity contribution in [1.82, 2.24) is 24.6 Å². The molecule has 0 aliphatic carbocycles. The SMILES string of the molecule is CCCCn1c(-c2ccc(Cl)cc2)nn(CCC(=O)NC(C)CCN(C)C)c1=S. The van der Waals surface area contributed by atoms with Crippen molar-refractivity contribution in [3.05, 3.63) is 34.1 Å². The number of unbranched alkanes of at least 4 members (excludes halogenated alkanes) is 1. The number of hydrogen-bond acceptors (Lipinski definition) is 4. The van der Waals surface area contributed by atoms with Gasteiger partial charge in [-0.15, -0.1) is 0 Å².